The van der Waals surface area contributed by atoms with Crippen LogP contribution in [0.5, 0.6) is 11.5 Å². The lowest BCUT2D eigenvalue weighted by Crippen LogP contribution is -2.08. The summed E-state index contributed by atoms with van der Waals surface area (Å²) >= 11 is 0. The Kier molecular flexibility index (Phi) is 5.19. The molecule has 4 heterocycles. The van der Waals surface area contributed by atoms with Crippen molar-refractivity contribution in [3.05, 3.63) is 53.7 Å². The first-order valence-electron chi connectivity index (χ1n) is 10.1. The summed E-state index contributed by atoms with van der Waals surface area (Å²) in [6, 6.07) is 7.35. The number of ether oxygens (including phenoxy) is 2. The van der Waals surface area contributed by atoms with E-state index < -0.39 is 12.0 Å². The number of hydrogen-bond donors (Lipinski definition) is 1. The summed E-state index contributed by atoms with van der Waals surface area (Å²) in [4.78, 5) is 16.2. The number of anilines is 1. The second kappa shape index (κ2) is 8.19. The van der Waals surface area contributed by atoms with Gasteiger partial charge in [0.1, 0.15) is 0 Å². The van der Waals surface area contributed by atoms with Crippen LogP contribution in [0.25, 0.3) is 17.0 Å². The number of benzene rings is 1. The summed E-state index contributed by atoms with van der Waals surface area (Å²) in [6.45, 7) is 3.29. The number of hydrogen-bond acceptors (Lipinski definition) is 8. The SMILES string of the molecule is Cc1c(-c2ccnc(NCc3ccc4c(c3)OCCCO4)n2)cnc2nc(C(F)(F)F)nn12. The molecule has 9 nitrogen and oxygen atoms in total. The summed E-state index contributed by atoms with van der Waals surface area (Å²) in [7, 11) is 0. The van der Waals surface area contributed by atoms with Crippen molar-refractivity contribution in [3.8, 4) is 22.8 Å². The normalized spacial score (nSPS) is 13.7. The maximum Gasteiger partial charge on any atom is 0.453 e. The smallest absolute Gasteiger partial charge is 0.453 e. The molecule has 1 aromatic carbocycles. The molecule has 1 N–H and O–H groups in total. The highest BCUT2D eigenvalue weighted by Gasteiger charge is 2.36. The van der Waals surface area contributed by atoms with Gasteiger partial charge in [-0.15, -0.1) is 5.10 Å². The molecule has 0 saturated heterocycles. The first-order chi connectivity index (χ1) is 15.9. The molecule has 170 valence electrons. The average molecular weight is 457 g/mol. The maximum absolute atomic E-state index is 13.0. The molecule has 1 aliphatic rings. The minimum absolute atomic E-state index is 0.134. The van der Waals surface area contributed by atoms with Crippen molar-refractivity contribution in [3.63, 3.8) is 0 Å². The van der Waals surface area contributed by atoms with Gasteiger partial charge in [0.25, 0.3) is 11.6 Å². The molecule has 33 heavy (non-hydrogen) atoms. The van der Waals surface area contributed by atoms with E-state index in [1.165, 1.54) is 6.20 Å². The highest BCUT2D eigenvalue weighted by atomic mass is 19.4. The fraction of sp³-hybridized carbons (Fsp3) is 0.286. The van der Waals surface area contributed by atoms with Crippen LogP contribution in [0, 0.1) is 6.92 Å². The monoisotopic (exact) mass is 457 g/mol. The molecule has 12 heteroatoms. The van der Waals surface area contributed by atoms with E-state index in [0.29, 0.717) is 48.4 Å². The predicted molar refractivity (Wildman–Crippen MR) is 111 cm³/mol. The number of aromatic nitrogens is 6. The Morgan fingerprint density at radius 3 is 2.70 bits per heavy atom. The Hall–Kier alpha value is -3.96. The lowest BCUT2D eigenvalue weighted by Gasteiger charge is -2.11. The fourth-order valence-corrected chi connectivity index (χ4v) is 3.41. The molecule has 0 fully saturated rings. The van der Waals surface area contributed by atoms with Crippen molar-refractivity contribution in [2.24, 2.45) is 0 Å². The molecule has 0 unspecified atom stereocenters. The van der Waals surface area contributed by atoms with Crippen LogP contribution in [0.3, 0.4) is 0 Å². The van der Waals surface area contributed by atoms with Crippen LogP contribution in [-0.4, -0.2) is 42.8 Å². The summed E-state index contributed by atoms with van der Waals surface area (Å²) < 4.78 is 51.3. The van der Waals surface area contributed by atoms with Gasteiger partial charge in [0.05, 0.1) is 24.6 Å². The van der Waals surface area contributed by atoms with Crippen LogP contribution < -0.4 is 14.8 Å². The molecule has 0 saturated carbocycles. The van der Waals surface area contributed by atoms with Gasteiger partial charge in [0.2, 0.25) is 5.95 Å². The van der Waals surface area contributed by atoms with E-state index in [4.69, 9.17) is 9.47 Å². The zero-order valence-corrected chi connectivity index (χ0v) is 17.4. The van der Waals surface area contributed by atoms with Crippen LogP contribution in [0.15, 0.2) is 36.7 Å². The standard InChI is InChI=1S/C21H18F3N7O2/c1-12-14(11-27-20-29-18(21(22,23)24)30-31(12)20)15-5-6-25-19(28-15)26-10-13-3-4-16-17(9-13)33-8-2-7-32-16/h3-6,9,11H,2,7-8,10H2,1H3,(H,25,26,28). The summed E-state index contributed by atoms with van der Waals surface area (Å²) in [5.74, 6) is 0.395. The van der Waals surface area contributed by atoms with Crippen LogP contribution in [0.2, 0.25) is 0 Å². The molecule has 0 atom stereocenters. The van der Waals surface area contributed by atoms with E-state index in [2.05, 4.69) is 30.4 Å². The first kappa shape index (κ1) is 20.9. The second-order valence-corrected chi connectivity index (χ2v) is 7.35. The molecule has 0 amide bonds. The number of aryl methyl sites for hydroxylation is 1. The largest absolute Gasteiger partial charge is 0.490 e. The van der Waals surface area contributed by atoms with Gasteiger partial charge in [0, 0.05) is 30.9 Å². The maximum atomic E-state index is 13.0. The Balaban J connectivity index is 1.38. The molecule has 0 aliphatic carbocycles. The number of alkyl halides is 3. The van der Waals surface area contributed by atoms with E-state index in [9.17, 15) is 13.2 Å². The summed E-state index contributed by atoms with van der Waals surface area (Å²) in [5.41, 5.74) is 2.38. The van der Waals surface area contributed by atoms with Gasteiger partial charge in [-0.3, -0.25) is 0 Å². The summed E-state index contributed by atoms with van der Waals surface area (Å²) in [5, 5.41) is 6.70. The third-order valence-corrected chi connectivity index (χ3v) is 5.05. The van der Waals surface area contributed by atoms with Gasteiger partial charge in [-0.2, -0.15) is 18.2 Å². The van der Waals surface area contributed by atoms with Crippen molar-refractivity contribution >= 4 is 11.7 Å². The van der Waals surface area contributed by atoms with Crippen molar-refractivity contribution in [2.75, 3.05) is 18.5 Å². The number of nitrogens with one attached hydrogen (secondary N) is 1. The van der Waals surface area contributed by atoms with Gasteiger partial charge < -0.3 is 14.8 Å². The topological polar surface area (TPSA) is 99.4 Å². The highest BCUT2D eigenvalue weighted by Crippen LogP contribution is 2.31. The van der Waals surface area contributed by atoms with E-state index in [-0.39, 0.29) is 5.78 Å². The molecule has 5 rings (SSSR count). The van der Waals surface area contributed by atoms with Crippen molar-refractivity contribution < 1.29 is 22.6 Å². The Bertz CT molecular complexity index is 1320. The lowest BCUT2D eigenvalue weighted by molar-refractivity contribution is -0.144. The Labute approximate surface area is 185 Å². The number of rotatable bonds is 4. The van der Waals surface area contributed by atoms with E-state index in [1.54, 1.807) is 19.2 Å². The number of nitrogens with zero attached hydrogens (tertiary/aromatic N) is 6. The van der Waals surface area contributed by atoms with Gasteiger partial charge in [-0.25, -0.2) is 19.5 Å². The lowest BCUT2D eigenvalue weighted by atomic mass is 10.2. The molecular formula is C21H18F3N7O2. The molecule has 1 aliphatic heterocycles. The molecule has 0 spiro atoms. The molecule has 3 aromatic heterocycles. The molecule has 0 radical (unpaired) electrons. The Morgan fingerprint density at radius 2 is 1.88 bits per heavy atom. The van der Waals surface area contributed by atoms with Gasteiger partial charge in [-0.1, -0.05) is 6.07 Å². The third-order valence-electron chi connectivity index (χ3n) is 5.05. The van der Waals surface area contributed by atoms with Crippen LogP contribution >= 0.6 is 0 Å². The second-order valence-electron chi connectivity index (χ2n) is 7.35. The van der Waals surface area contributed by atoms with Gasteiger partial charge in [-0.05, 0) is 30.7 Å². The van der Waals surface area contributed by atoms with Gasteiger partial charge in [0.15, 0.2) is 11.5 Å². The van der Waals surface area contributed by atoms with E-state index in [0.717, 1.165) is 22.2 Å². The van der Waals surface area contributed by atoms with Crippen molar-refractivity contribution in [1.82, 2.24) is 29.5 Å². The predicted octanol–water partition coefficient (Wildman–Crippen LogP) is 3.68. The Morgan fingerprint density at radius 1 is 1.06 bits per heavy atom. The first-order valence-corrected chi connectivity index (χ1v) is 10.1. The fourth-order valence-electron chi connectivity index (χ4n) is 3.41. The quantitative estimate of drug-likeness (QED) is 0.496. The molecule has 4 aromatic rings. The van der Waals surface area contributed by atoms with Crippen molar-refractivity contribution in [2.45, 2.75) is 26.1 Å². The molecule has 0 bridgehead atoms. The van der Waals surface area contributed by atoms with Crippen molar-refractivity contribution in [1.29, 1.82) is 0 Å². The molecular weight excluding hydrogens is 439 g/mol. The zero-order chi connectivity index (χ0) is 23.0. The van der Waals surface area contributed by atoms with Crippen LogP contribution in [0.4, 0.5) is 19.1 Å². The van der Waals surface area contributed by atoms with Crippen LogP contribution in [0.1, 0.15) is 23.5 Å². The minimum atomic E-state index is -4.65. The number of halogens is 3. The summed E-state index contributed by atoms with van der Waals surface area (Å²) in [6.07, 6.45) is -0.839. The van der Waals surface area contributed by atoms with E-state index in [1.807, 2.05) is 18.2 Å². The third kappa shape index (κ3) is 4.23. The number of fused-ring (bicyclic) bond motifs is 2. The van der Waals surface area contributed by atoms with Gasteiger partial charge >= 0.3 is 6.18 Å². The van der Waals surface area contributed by atoms with E-state index >= 15 is 0 Å². The average Bonchev–Trinajstić information content (AvgIpc) is 3.12. The zero-order valence-electron chi connectivity index (χ0n) is 17.4. The van der Waals surface area contributed by atoms with Crippen LogP contribution in [-0.2, 0) is 12.7 Å². The highest BCUT2D eigenvalue weighted by molar-refractivity contribution is 5.63. The minimum Gasteiger partial charge on any atom is -0.490 e.